The van der Waals surface area contributed by atoms with Crippen LogP contribution in [0.1, 0.15) is 30.3 Å². The first-order chi connectivity index (χ1) is 9.52. The van der Waals surface area contributed by atoms with Gasteiger partial charge >= 0.3 is 5.97 Å². The third-order valence-electron chi connectivity index (χ3n) is 3.54. The van der Waals surface area contributed by atoms with Crippen LogP contribution in [0.4, 0.5) is 5.13 Å². The van der Waals surface area contributed by atoms with Crippen molar-refractivity contribution in [1.29, 1.82) is 0 Å². The van der Waals surface area contributed by atoms with E-state index >= 15 is 0 Å². The summed E-state index contributed by atoms with van der Waals surface area (Å²) in [5.41, 5.74) is 0.976. The largest absolute Gasteiger partial charge is 0.481 e. The highest BCUT2D eigenvalue weighted by atomic mass is 32.1. The molecule has 0 saturated heterocycles. The molecule has 1 aromatic heterocycles. The normalized spacial score (nSPS) is 21.7. The Balaban J connectivity index is 2.10. The number of aromatic nitrogens is 1. The molecule has 0 bridgehead atoms. The third-order valence-corrected chi connectivity index (χ3v) is 4.47. The lowest BCUT2D eigenvalue weighted by Crippen LogP contribution is -2.34. The van der Waals surface area contributed by atoms with Crippen molar-refractivity contribution in [2.75, 3.05) is 5.32 Å². The van der Waals surface area contributed by atoms with Gasteiger partial charge < -0.3 is 10.4 Å². The molecule has 0 radical (unpaired) electrons. The maximum absolute atomic E-state index is 12.2. The molecule has 1 heterocycles. The van der Waals surface area contributed by atoms with Gasteiger partial charge in [0.2, 0.25) is 5.91 Å². The quantitative estimate of drug-likeness (QED) is 0.837. The molecule has 6 heteroatoms. The number of nitrogens with zero attached hydrogens (tertiary/aromatic N) is 1. The van der Waals surface area contributed by atoms with Crippen LogP contribution in [-0.2, 0) is 16.0 Å². The van der Waals surface area contributed by atoms with Gasteiger partial charge in [-0.25, -0.2) is 4.98 Å². The lowest BCUT2D eigenvalue weighted by molar-refractivity contribution is -0.146. The molecule has 0 fully saturated rings. The van der Waals surface area contributed by atoms with Gasteiger partial charge in [-0.2, -0.15) is 0 Å². The fraction of sp³-hybridized carbons (Fsp3) is 0.500. The van der Waals surface area contributed by atoms with Crippen molar-refractivity contribution in [2.24, 2.45) is 11.8 Å². The average Bonchev–Trinajstić information content (AvgIpc) is 2.78. The molecule has 5 nitrogen and oxygen atoms in total. The van der Waals surface area contributed by atoms with Crippen LogP contribution in [0.3, 0.4) is 0 Å². The molecule has 0 spiro atoms. The van der Waals surface area contributed by atoms with Gasteiger partial charge in [-0.05, 0) is 26.2 Å². The van der Waals surface area contributed by atoms with E-state index in [1.165, 1.54) is 11.3 Å². The number of carboxylic acids is 1. The van der Waals surface area contributed by atoms with E-state index in [-0.39, 0.29) is 5.91 Å². The molecule has 0 saturated carbocycles. The summed E-state index contributed by atoms with van der Waals surface area (Å²) in [5.74, 6) is -2.34. The second-order valence-corrected chi connectivity index (χ2v) is 6.06. The van der Waals surface area contributed by atoms with Crippen LogP contribution in [0, 0.1) is 18.8 Å². The van der Waals surface area contributed by atoms with Gasteiger partial charge in [0.25, 0.3) is 0 Å². The summed E-state index contributed by atoms with van der Waals surface area (Å²) in [4.78, 5) is 28.9. The molecule has 1 aliphatic rings. The Morgan fingerprint density at radius 3 is 2.60 bits per heavy atom. The summed E-state index contributed by atoms with van der Waals surface area (Å²) >= 11 is 1.43. The lowest BCUT2D eigenvalue weighted by Gasteiger charge is -2.23. The third kappa shape index (κ3) is 3.07. The number of amides is 1. The van der Waals surface area contributed by atoms with Crippen LogP contribution < -0.4 is 5.32 Å². The first-order valence-corrected chi connectivity index (χ1v) is 7.49. The van der Waals surface area contributed by atoms with Crippen molar-refractivity contribution in [3.63, 3.8) is 0 Å². The predicted molar refractivity (Wildman–Crippen MR) is 77.8 cm³/mol. The van der Waals surface area contributed by atoms with Crippen molar-refractivity contribution >= 4 is 28.3 Å². The van der Waals surface area contributed by atoms with Crippen molar-refractivity contribution in [1.82, 2.24) is 4.98 Å². The highest BCUT2D eigenvalue weighted by Gasteiger charge is 2.34. The average molecular weight is 294 g/mol. The van der Waals surface area contributed by atoms with Crippen LogP contribution in [0.25, 0.3) is 0 Å². The van der Waals surface area contributed by atoms with E-state index in [4.69, 9.17) is 0 Å². The molecular formula is C14H18N2O3S. The van der Waals surface area contributed by atoms with Gasteiger partial charge in [0, 0.05) is 4.88 Å². The maximum Gasteiger partial charge on any atom is 0.307 e. The van der Waals surface area contributed by atoms with Crippen LogP contribution in [0.5, 0.6) is 0 Å². The smallest absolute Gasteiger partial charge is 0.307 e. The topological polar surface area (TPSA) is 79.3 Å². The Morgan fingerprint density at radius 1 is 1.40 bits per heavy atom. The van der Waals surface area contributed by atoms with E-state index in [0.717, 1.165) is 17.0 Å². The fourth-order valence-corrected chi connectivity index (χ4v) is 3.29. The Bertz CT molecular complexity index is 551. The molecule has 0 aromatic carbocycles. The van der Waals surface area contributed by atoms with E-state index in [1.54, 1.807) is 0 Å². The number of nitrogens with one attached hydrogen (secondary N) is 1. The molecule has 2 atom stereocenters. The number of anilines is 1. The summed E-state index contributed by atoms with van der Waals surface area (Å²) in [6.45, 7) is 3.98. The summed E-state index contributed by atoms with van der Waals surface area (Å²) in [6, 6.07) is 0. The van der Waals surface area contributed by atoms with E-state index in [2.05, 4.69) is 10.3 Å². The molecule has 2 rings (SSSR count). The SMILES string of the molecule is CCc1nc(NC(=O)C2CC=CCC2C(=O)O)sc1C. The molecule has 1 aromatic rings. The minimum Gasteiger partial charge on any atom is -0.481 e. The van der Waals surface area contributed by atoms with Gasteiger partial charge in [0.15, 0.2) is 5.13 Å². The summed E-state index contributed by atoms with van der Waals surface area (Å²) in [5, 5.41) is 12.5. The molecular weight excluding hydrogens is 276 g/mol. The van der Waals surface area contributed by atoms with E-state index < -0.39 is 17.8 Å². The number of allylic oxidation sites excluding steroid dienone is 2. The van der Waals surface area contributed by atoms with Crippen LogP contribution in [-0.4, -0.2) is 22.0 Å². The summed E-state index contributed by atoms with van der Waals surface area (Å²) in [7, 11) is 0. The predicted octanol–water partition coefficient (Wildman–Crippen LogP) is 2.62. The second-order valence-electron chi connectivity index (χ2n) is 4.86. The van der Waals surface area contributed by atoms with Gasteiger partial charge in [-0.1, -0.05) is 19.1 Å². The van der Waals surface area contributed by atoms with Crippen molar-refractivity contribution in [2.45, 2.75) is 33.1 Å². The molecule has 108 valence electrons. The number of rotatable bonds is 4. The second kappa shape index (κ2) is 6.17. The number of thiazole rings is 1. The van der Waals surface area contributed by atoms with Crippen LogP contribution in [0.15, 0.2) is 12.2 Å². The summed E-state index contributed by atoms with van der Waals surface area (Å²) in [6.07, 6.45) is 5.39. The van der Waals surface area contributed by atoms with Crippen LogP contribution >= 0.6 is 11.3 Å². The highest BCUT2D eigenvalue weighted by Crippen LogP contribution is 2.29. The standard InChI is InChI=1S/C14H18N2O3S/c1-3-11-8(2)20-14(15-11)16-12(17)9-6-4-5-7-10(9)13(18)19/h4-5,9-10H,3,6-7H2,1-2H3,(H,18,19)(H,15,16,17). The first kappa shape index (κ1) is 14.7. The van der Waals surface area contributed by atoms with Gasteiger partial charge in [0.1, 0.15) is 0 Å². The molecule has 1 amide bonds. The number of carbonyl (C=O) groups excluding carboxylic acids is 1. The lowest BCUT2D eigenvalue weighted by atomic mass is 9.82. The number of hydrogen-bond acceptors (Lipinski definition) is 4. The summed E-state index contributed by atoms with van der Waals surface area (Å²) < 4.78 is 0. The van der Waals surface area contributed by atoms with Crippen molar-refractivity contribution in [3.8, 4) is 0 Å². The molecule has 20 heavy (non-hydrogen) atoms. The number of aryl methyl sites for hydroxylation is 2. The molecule has 2 N–H and O–H groups in total. The Morgan fingerprint density at radius 2 is 2.05 bits per heavy atom. The first-order valence-electron chi connectivity index (χ1n) is 6.67. The maximum atomic E-state index is 12.2. The minimum absolute atomic E-state index is 0.252. The van der Waals surface area contributed by atoms with Crippen LogP contribution in [0.2, 0.25) is 0 Å². The number of aliphatic carboxylic acids is 1. The molecule has 1 aliphatic carbocycles. The Labute approximate surface area is 121 Å². The van der Waals surface area contributed by atoms with Gasteiger partial charge in [-0.3, -0.25) is 9.59 Å². The molecule has 2 unspecified atom stereocenters. The van der Waals surface area contributed by atoms with E-state index in [0.29, 0.717) is 18.0 Å². The zero-order valence-corrected chi connectivity index (χ0v) is 12.4. The Hall–Kier alpha value is -1.69. The van der Waals surface area contributed by atoms with Crippen molar-refractivity contribution < 1.29 is 14.7 Å². The van der Waals surface area contributed by atoms with Gasteiger partial charge in [0.05, 0.1) is 17.5 Å². The van der Waals surface area contributed by atoms with Gasteiger partial charge in [-0.15, -0.1) is 11.3 Å². The van der Waals surface area contributed by atoms with E-state index in [9.17, 15) is 14.7 Å². The fourth-order valence-electron chi connectivity index (χ4n) is 2.38. The Kier molecular flexibility index (Phi) is 4.54. The highest BCUT2D eigenvalue weighted by molar-refractivity contribution is 7.15. The number of carbonyl (C=O) groups is 2. The monoisotopic (exact) mass is 294 g/mol. The van der Waals surface area contributed by atoms with E-state index in [1.807, 2.05) is 26.0 Å². The molecule has 0 aliphatic heterocycles. The zero-order valence-electron chi connectivity index (χ0n) is 11.5. The zero-order chi connectivity index (χ0) is 14.7. The number of hydrogen-bond donors (Lipinski definition) is 2. The van der Waals surface area contributed by atoms with Crippen molar-refractivity contribution in [3.05, 3.63) is 22.7 Å². The number of carboxylic acid groups (broad SMARTS) is 1. The minimum atomic E-state index is -0.918.